The van der Waals surface area contributed by atoms with Crippen LogP contribution in [0.2, 0.25) is 5.15 Å². The van der Waals surface area contributed by atoms with Crippen molar-refractivity contribution in [2.45, 2.75) is 59.0 Å². The van der Waals surface area contributed by atoms with Gasteiger partial charge in [-0.2, -0.15) is 0 Å². The van der Waals surface area contributed by atoms with E-state index in [2.05, 4.69) is 20.6 Å². The molecule has 1 aromatic heterocycles. The third-order valence-corrected chi connectivity index (χ3v) is 2.68. The molecule has 0 bridgehead atoms. The van der Waals surface area contributed by atoms with Crippen molar-refractivity contribution >= 4 is 23.3 Å². The molecule has 0 saturated heterocycles. The topological polar surface area (TPSA) is 66.9 Å². The Kier molecular flexibility index (Phi) is 5.34. The summed E-state index contributed by atoms with van der Waals surface area (Å²) < 4.78 is 0. The van der Waals surface area contributed by atoms with Gasteiger partial charge < -0.3 is 10.6 Å². The van der Waals surface area contributed by atoms with E-state index >= 15 is 0 Å². The normalized spacial score (nSPS) is 13.2. The van der Waals surface area contributed by atoms with Gasteiger partial charge in [0.2, 0.25) is 5.91 Å². The predicted octanol–water partition coefficient (Wildman–Crippen LogP) is 2.97. The summed E-state index contributed by atoms with van der Waals surface area (Å²) in [6.07, 6.45) is 0. The Morgan fingerprint density at radius 1 is 1.25 bits per heavy atom. The van der Waals surface area contributed by atoms with E-state index in [0.717, 1.165) is 0 Å². The van der Waals surface area contributed by atoms with Crippen molar-refractivity contribution in [3.63, 3.8) is 0 Å². The zero-order chi connectivity index (χ0) is 15.5. The minimum absolute atomic E-state index is 0.0849. The number of hydrogen-bond acceptors (Lipinski definition) is 4. The van der Waals surface area contributed by atoms with Crippen LogP contribution in [-0.4, -0.2) is 27.5 Å². The maximum absolute atomic E-state index is 12.0. The zero-order valence-electron chi connectivity index (χ0n) is 12.9. The lowest BCUT2D eigenvalue weighted by atomic mass is 10.1. The second-order valence-corrected chi connectivity index (χ2v) is 6.58. The maximum atomic E-state index is 12.0. The standard InChI is InChI=1S/C14H23ClN4O/c1-8(2)12-17-10(15)7-11(18-12)16-9(3)13(20)19-14(4,5)6/h7-9H,1-6H3,(H,19,20)(H,16,17,18). The molecule has 1 amide bonds. The number of carbonyl (C=O) groups is 1. The number of amides is 1. The molecule has 0 fully saturated rings. The van der Waals surface area contributed by atoms with Gasteiger partial charge >= 0.3 is 0 Å². The van der Waals surface area contributed by atoms with Crippen molar-refractivity contribution < 1.29 is 4.79 Å². The van der Waals surface area contributed by atoms with Crippen LogP contribution in [-0.2, 0) is 4.79 Å². The highest BCUT2D eigenvalue weighted by Gasteiger charge is 2.19. The fourth-order valence-electron chi connectivity index (χ4n) is 1.53. The summed E-state index contributed by atoms with van der Waals surface area (Å²) in [6.45, 7) is 11.6. The minimum Gasteiger partial charge on any atom is -0.358 e. The second-order valence-electron chi connectivity index (χ2n) is 6.19. The molecule has 0 radical (unpaired) electrons. The van der Waals surface area contributed by atoms with Crippen molar-refractivity contribution in [3.05, 3.63) is 17.0 Å². The number of nitrogens with zero attached hydrogens (tertiary/aromatic N) is 2. The summed E-state index contributed by atoms with van der Waals surface area (Å²) in [5, 5.41) is 6.34. The predicted molar refractivity (Wildman–Crippen MR) is 82.1 cm³/mol. The van der Waals surface area contributed by atoms with E-state index in [0.29, 0.717) is 16.8 Å². The van der Waals surface area contributed by atoms with Gasteiger partial charge in [-0.3, -0.25) is 4.79 Å². The molecule has 0 aliphatic heterocycles. The van der Waals surface area contributed by atoms with Crippen LogP contribution in [0.1, 0.15) is 53.3 Å². The van der Waals surface area contributed by atoms with Gasteiger partial charge in [-0.15, -0.1) is 0 Å². The molecule has 20 heavy (non-hydrogen) atoms. The molecular formula is C14H23ClN4O. The maximum Gasteiger partial charge on any atom is 0.242 e. The lowest BCUT2D eigenvalue weighted by Crippen LogP contribution is -2.47. The number of halogens is 1. The Morgan fingerprint density at radius 3 is 2.35 bits per heavy atom. The number of aromatic nitrogens is 2. The van der Waals surface area contributed by atoms with Crippen LogP contribution >= 0.6 is 11.6 Å². The summed E-state index contributed by atoms with van der Waals surface area (Å²) in [4.78, 5) is 20.5. The molecule has 1 heterocycles. The Bertz CT molecular complexity index is 483. The first-order valence-corrected chi connectivity index (χ1v) is 7.09. The lowest BCUT2D eigenvalue weighted by molar-refractivity contribution is -0.122. The Labute approximate surface area is 125 Å². The quantitative estimate of drug-likeness (QED) is 0.839. The van der Waals surface area contributed by atoms with E-state index in [4.69, 9.17) is 11.6 Å². The number of carbonyl (C=O) groups excluding carboxylic acids is 1. The molecule has 1 aromatic rings. The molecule has 5 nitrogen and oxygen atoms in total. The lowest BCUT2D eigenvalue weighted by Gasteiger charge is -2.24. The van der Waals surface area contributed by atoms with Crippen LogP contribution in [0.3, 0.4) is 0 Å². The van der Waals surface area contributed by atoms with E-state index < -0.39 is 6.04 Å². The largest absolute Gasteiger partial charge is 0.358 e. The summed E-state index contributed by atoms with van der Waals surface area (Å²) >= 11 is 5.97. The van der Waals surface area contributed by atoms with Gasteiger partial charge in [0, 0.05) is 17.5 Å². The molecule has 0 aliphatic rings. The van der Waals surface area contributed by atoms with Crippen LogP contribution in [0.15, 0.2) is 6.07 Å². The van der Waals surface area contributed by atoms with Gasteiger partial charge in [0.25, 0.3) is 0 Å². The summed E-state index contributed by atoms with van der Waals surface area (Å²) in [6, 6.07) is 1.22. The highest BCUT2D eigenvalue weighted by molar-refractivity contribution is 6.29. The third kappa shape index (κ3) is 5.33. The van der Waals surface area contributed by atoms with E-state index in [9.17, 15) is 4.79 Å². The van der Waals surface area contributed by atoms with Gasteiger partial charge in [-0.25, -0.2) is 9.97 Å². The third-order valence-electron chi connectivity index (χ3n) is 2.48. The van der Waals surface area contributed by atoms with Crippen molar-refractivity contribution in [2.24, 2.45) is 0 Å². The Hall–Kier alpha value is -1.36. The fraction of sp³-hybridized carbons (Fsp3) is 0.643. The van der Waals surface area contributed by atoms with Gasteiger partial charge in [0.05, 0.1) is 0 Å². The van der Waals surface area contributed by atoms with Crippen LogP contribution < -0.4 is 10.6 Å². The average molecular weight is 299 g/mol. The second kappa shape index (κ2) is 6.39. The molecule has 1 rings (SSSR count). The molecule has 2 N–H and O–H groups in total. The molecule has 0 spiro atoms. The number of anilines is 1. The Morgan fingerprint density at radius 2 is 1.85 bits per heavy atom. The smallest absolute Gasteiger partial charge is 0.242 e. The summed E-state index contributed by atoms with van der Waals surface area (Å²) in [7, 11) is 0. The van der Waals surface area contributed by atoms with Gasteiger partial charge in [0.15, 0.2) is 0 Å². The molecule has 6 heteroatoms. The van der Waals surface area contributed by atoms with E-state index in [-0.39, 0.29) is 17.4 Å². The Balaban J connectivity index is 2.80. The first-order valence-electron chi connectivity index (χ1n) is 6.71. The summed E-state index contributed by atoms with van der Waals surface area (Å²) in [5.41, 5.74) is -0.264. The number of hydrogen-bond donors (Lipinski definition) is 2. The first-order chi connectivity index (χ1) is 9.08. The van der Waals surface area contributed by atoms with Crippen molar-refractivity contribution in [1.29, 1.82) is 0 Å². The minimum atomic E-state index is -0.403. The highest BCUT2D eigenvalue weighted by Crippen LogP contribution is 2.17. The fourth-order valence-corrected chi connectivity index (χ4v) is 1.72. The zero-order valence-corrected chi connectivity index (χ0v) is 13.7. The molecule has 0 saturated carbocycles. The van der Waals surface area contributed by atoms with E-state index in [1.165, 1.54) is 0 Å². The SMILES string of the molecule is CC(Nc1cc(Cl)nc(C(C)C)n1)C(=O)NC(C)(C)C. The number of nitrogens with one attached hydrogen (secondary N) is 2. The monoisotopic (exact) mass is 298 g/mol. The average Bonchev–Trinajstić information content (AvgIpc) is 2.25. The summed E-state index contributed by atoms with van der Waals surface area (Å²) in [5.74, 6) is 1.31. The molecule has 1 unspecified atom stereocenters. The van der Waals surface area contributed by atoms with Crippen LogP contribution in [0.4, 0.5) is 5.82 Å². The van der Waals surface area contributed by atoms with Gasteiger partial charge in [-0.05, 0) is 27.7 Å². The first kappa shape index (κ1) is 16.7. The van der Waals surface area contributed by atoms with E-state index in [1.807, 2.05) is 34.6 Å². The molecule has 1 atom stereocenters. The van der Waals surface area contributed by atoms with Crippen molar-refractivity contribution in [2.75, 3.05) is 5.32 Å². The van der Waals surface area contributed by atoms with Crippen molar-refractivity contribution in [3.8, 4) is 0 Å². The number of rotatable bonds is 4. The highest BCUT2D eigenvalue weighted by atomic mass is 35.5. The van der Waals surface area contributed by atoms with Crippen LogP contribution in [0.25, 0.3) is 0 Å². The van der Waals surface area contributed by atoms with Gasteiger partial charge in [0.1, 0.15) is 22.8 Å². The van der Waals surface area contributed by atoms with Crippen molar-refractivity contribution in [1.82, 2.24) is 15.3 Å². The molecule has 0 aliphatic carbocycles. The van der Waals surface area contributed by atoms with Crippen LogP contribution in [0, 0.1) is 0 Å². The van der Waals surface area contributed by atoms with Crippen LogP contribution in [0.5, 0.6) is 0 Å². The molecular weight excluding hydrogens is 276 g/mol. The molecule has 0 aromatic carbocycles. The molecule has 112 valence electrons. The van der Waals surface area contributed by atoms with E-state index in [1.54, 1.807) is 13.0 Å². The van der Waals surface area contributed by atoms with Gasteiger partial charge in [-0.1, -0.05) is 25.4 Å².